The van der Waals surface area contributed by atoms with Crippen molar-refractivity contribution in [3.8, 4) is 0 Å². The van der Waals surface area contributed by atoms with Gasteiger partial charge in [0.05, 0.1) is 24.0 Å². The highest BCUT2D eigenvalue weighted by atomic mass is 16.6. The smallest absolute Gasteiger partial charge is 0.344 e. The van der Waals surface area contributed by atoms with Gasteiger partial charge in [-0.3, -0.25) is 0 Å². The summed E-state index contributed by atoms with van der Waals surface area (Å²) in [7, 11) is 0. The normalized spacial score (nSPS) is 8.73. The number of hydrogen-bond donors (Lipinski definition) is 0. The molecule has 0 spiro atoms. The molecule has 0 N–H and O–H groups in total. The van der Waals surface area contributed by atoms with Crippen LogP contribution in [0.1, 0.15) is 89.1 Å². The molecule has 0 aromatic heterocycles. The quantitative estimate of drug-likeness (QED) is 0.0391. The van der Waals surface area contributed by atoms with Crippen LogP contribution in [-0.4, -0.2) is 164 Å². The van der Waals surface area contributed by atoms with E-state index in [-0.39, 0.29) is 89.1 Å². The first kappa shape index (κ1) is 102. The molecule has 0 aliphatic heterocycles. The average molecular weight is 1120 g/mol. The van der Waals surface area contributed by atoms with E-state index < -0.39 is 175 Å². The van der Waals surface area contributed by atoms with E-state index in [0.717, 1.165) is 36.5 Å². The maximum atomic E-state index is 12.7. The number of carbonyl (C=O) groups is 12. The Hall–Kier alpha value is -7.96. The summed E-state index contributed by atoms with van der Waals surface area (Å²) in [4.78, 5) is 145. The van der Waals surface area contributed by atoms with Crippen molar-refractivity contribution < 1.29 is 119 Å². The summed E-state index contributed by atoms with van der Waals surface area (Å²) < 4.78 is 65.1. The first-order valence-electron chi connectivity index (χ1n) is 18.1. The molecule has 0 amide bonds. The van der Waals surface area contributed by atoms with Crippen LogP contribution in [0.3, 0.4) is 0 Å². The predicted molar refractivity (Wildman–Crippen MR) is 289 cm³/mol. The molecule has 0 aromatic carbocycles. The summed E-state index contributed by atoms with van der Waals surface area (Å²) in [6.07, 6.45) is 4.39. The second-order valence-corrected chi connectivity index (χ2v) is 12.3. The third kappa shape index (κ3) is 48.7. The van der Waals surface area contributed by atoms with Crippen LogP contribution in [0.4, 0.5) is 0 Å². The van der Waals surface area contributed by atoms with Crippen molar-refractivity contribution in [1.82, 2.24) is 0 Å². The molecule has 0 radical (unpaired) electrons. The Morgan fingerprint density at radius 2 is 0.364 bits per heavy atom. The van der Waals surface area contributed by atoms with Crippen molar-refractivity contribution in [3.05, 3.63) is 75.9 Å². The largest absolute Gasteiger partial charge is 0.462 e. The third-order valence-corrected chi connectivity index (χ3v) is 7.05. The van der Waals surface area contributed by atoms with Gasteiger partial charge < -0.3 is 61.6 Å². The molecule has 25 nitrogen and oxygen atoms in total. The molecule has 0 aliphatic rings. The lowest BCUT2D eigenvalue weighted by Crippen LogP contribution is -2.48. The Balaban J connectivity index is -0.000000310. The van der Waals surface area contributed by atoms with E-state index in [9.17, 15) is 57.5 Å². The minimum absolute atomic E-state index is 0. The van der Waals surface area contributed by atoms with Gasteiger partial charge in [-0.15, -0.1) is 0 Å². The second-order valence-electron chi connectivity index (χ2n) is 12.3. The Morgan fingerprint density at radius 1 is 0.234 bits per heavy atom. The van der Waals surface area contributed by atoms with Crippen LogP contribution < -0.4 is 0 Å². The number of carbonyl (C=O) groups excluding carboxylic acids is 12. The first-order chi connectivity index (χ1) is 30.8. The van der Waals surface area contributed by atoms with Crippen LogP contribution in [0.15, 0.2) is 75.9 Å². The van der Waals surface area contributed by atoms with E-state index in [4.69, 9.17) is 33.2 Å². The fourth-order valence-electron chi connectivity index (χ4n) is 3.77. The van der Waals surface area contributed by atoms with Crippen molar-refractivity contribution in [2.45, 2.75) is 89.1 Å². The fraction of sp³-hybridized carbons (Fsp3) is 0.538. The minimum atomic E-state index is -2.04. The molecule has 0 atom stereocenters. The van der Waals surface area contributed by atoms with Crippen LogP contribution in [0, 0.1) is 10.8 Å². The van der Waals surface area contributed by atoms with Gasteiger partial charge in [0.25, 0.3) is 0 Å². The first-order valence-corrected chi connectivity index (χ1v) is 18.1. The summed E-state index contributed by atoms with van der Waals surface area (Å²) >= 11 is 0. The molecule has 0 bridgehead atoms. The molecule has 452 valence electrons. The minimum Gasteiger partial charge on any atom is -0.462 e. The molecule has 0 saturated carbocycles. The third-order valence-electron chi connectivity index (χ3n) is 7.05. The molecule has 0 rings (SSSR count). The van der Waals surface area contributed by atoms with Crippen LogP contribution in [0.2, 0.25) is 0 Å². The SMILES string of the molecule is C.C.C.C.C.C.C.C.C.C.C.C.C=CC(=O)OCC(=O)OCC(COCC(COC(=O)COC(=O)C=C)(COC(=O)COC(=O)C=C)COC(=O)COC(=O)C=C)(COC(=O)COC(=O)C=C)COC(=O)COC(=O)C=C. The lowest BCUT2D eigenvalue weighted by Gasteiger charge is -2.35. The Kier molecular flexibility index (Phi) is 75.8. The Morgan fingerprint density at radius 3 is 0.481 bits per heavy atom. The molecule has 0 heterocycles. The zero-order chi connectivity index (χ0) is 49.3. The highest BCUT2D eigenvalue weighted by molar-refractivity contribution is 5.86. The Labute approximate surface area is 458 Å². The maximum Gasteiger partial charge on any atom is 0.344 e. The van der Waals surface area contributed by atoms with Gasteiger partial charge in [0, 0.05) is 36.5 Å². The van der Waals surface area contributed by atoms with E-state index in [1.807, 2.05) is 0 Å². The molecular formula is C52H94O25. The lowest BCUT2D eigenvalue weighted by molar-refractivity contribution is -0.183. The summed E-state index contributed by atoms with van der Waals surface area (Å²) in [5.41, 5.74) is -4.08. The molecule has 0 aliphatic carbocycles. The number of ether oxygens (including phenoxy) is 13. The van der Waals surface area contributed by atoms with Gasteiger partial charge in [-0.2, -0.15) is 0 Å². The van der Waals surface area contributed by atoms with E-state index >= 15 is 0 Å². The van der Waals surface area contributed by atoms with Gasteiger partial charge in [-0.1, -0.05) is 129 Å². The van der Waals surface area contributed by atoms with E-state index in [1.54, 1.807) is 0 Å². The molecule has 77 heavy (non-hydrogen) atoms. The monoisotopic (exact) mass is 1120 g/mol. The number of esters is 12. The molecule has 0 unspecified atom stereocenters. The van der Waals surface area contributed by atoms with Gasteiger partial charge >= 0.3 is 71.6 Å². The highest BCUT2D eigenvalue weighted by Gasteiger charge is 2.41. The van der Waals surface area contributed by atoms with Crippen molar-refractivity contribution in [1.29, 1.82) is 0 Å². The van der Waals surface area contributed by atoms with E-state index in [2.05, 4.69) is 67.9 Å². The highest BCUT2D eigenvalue weighted by Crippen LogP contribution is 2.26. The van der Waals surface area contributed by atoms with Crippen molar-refractivity contribution >= 4 is 71.6 Å². The summed E-state index contributed by atoms with van der Waals surface area (Å²) in [5.74, 6) is -13.5. The topological polar surface area (TPSA) is 325 Å². The van der Waals surface area contributed by atoms with Gasteiger partial charge in [-0.25, -0.2) is 57.5 Å². The zero-order valence-corrected chi connectivity index (χ0v) is 34.8. The average Bonchev–Trinajstić information content (AvgIpc) is 3.31. The lowest BCUT2D eigenvalue weighted by atomic mass is 9.90. The van der Waals surface area contributed by atoms with Crippen molar-refractivity contribution in [3.63, 3.8) is 0 Å². The number of hydrogen-bond acceptors (Lipinski definition) is 25. The van der Waals surface area contributed by atoms with Crippen LogP contribution >= 0.6 is 0 Å². The standard InChI is InChI=1S/C40H46O25.12CH4/c1-7-27(41)54-13-33(47)60-21-39(22-61-34(48)14-55-28(42)8-2,23-62-35(49)15-56-29(43)9-3)19-53-20-40(24-63-36(50)16-57-30(44)10-4,25-64-37(51)17-58-31(45)11-5)26-65-38(52)18-59-32(46)12-6;;;;;;;;;;;;/h7-12H,1-6,13-26H2;12*1H4. The van der Waals surface area contributed by atoms with Crippen LogP contribution in [0.25, 0.3) is 0 Å². The fourth-order valence-corrected chi connectivity index (χ4v) is 3.77. The van der Waals surface area contributed by atoms with Crippen molar-refractivity contribution in [2.75, 3.05) is 92.5 Å². The summed E-state index contributed by atoms with van der Waals surface area (Å²) in [6.45, 7) is 5.83. The molecule has 25 heteroatoms. The molecule has 0 aromatic rings. The second kappa shape index (κ2) is 57.3. The van der Waals surface area contributed by atoms with Crippen LogP contribution in [-0.2, 0) is 119 Å². The maximum absolute atomic E-state index is 12.7. The molecular weight excluding hydrogens is 1020 g/mol. The molecule has 0 saturated heterocycles. The summed E-state index contributed by atoms with van der Waals surface area (Å²) in [5, 5.41) is 0. The number of rotatable bonds is 34. The zero-order valence-electron chi connectivity index (χ0n) is 34.8. The van der Waals surface area contributed by atoms with Gasteiger partial charge in [0.15, 0.2) is 39.6 Å². The molecule has 0 fully saturated rings. The Bertz CT molecular complexity index is 1490. The van der Waals surface area contributed by atoms with Gasteiger partial charge in [0.2, 0.25) is 0 Å². The summed E-state index contributed by atoms with van der Waals surface area (Å²) in [6, 6.07) is 0. The van der Waals surface area contributed by atoms with E-state index in [1.165, 1.54) is 0 Å². The van der Waals surface area contributed by atoms with Crippen LogP contribution in [0.5, 0.6) is 0 Å². The van der Waals surface area contributed by atoms with E-state index in [0.29, 0.717) is 0 Å². The van der Waals surface area contributed by atoms with Gasteiger partial charge in [-0.05, 0) is 0 Å². The van der Waals surface area contributed by atoms with Gasteiger partial charge in [0.1, 0.15) is 39.6 Å². The van der Waals surface area contributed by atoms with Crippen molar-refractivity contribution in [2.24, 2.45) is 10.8 Å². The predicted octanol–water partition coefficient (Wildman–Crippen LogP) is 6.24.